The molecular formula is C54H94NO7P. The summed E-state index contributed by atoms with van der Waals surface area (Å²) >= 11 is 0. The Morgan fingerprint density at radius 3 is 1.38 bits per heavy atom. The number of hydrogen-bond acceptors (Lipinski definition) is 7. The Balaban J connectivity index is 4.25. The predicted octanol–water partition coefficient (Wildman–Crippen LogP) is 14.8. The number of carbonyl (C=O) groups is 1. The highest BCUT2D eigenvalue weighted by Gasteiger charge is 2.20. The second-order valence-electron chi connectivity index (χ2n) is 17.4. The molecule has 0 aliphatic rings. The second kappa shape index (κ2) is 46.0. The number of carbonyl (C=O) groups excluding carboxylic acids is 1. The molecule has 2 atom stereocenters. The molecule has 0 N–H and O–H groups in total. The minimum absolute atomic E-state index is 0.00886. The lowest BCUT2D eigenvalue weighted by molar-refractivity contribution is -0.870. The van der Waals surface area contributed by atoms with Gasteiger partial charge >= 0.3 is 5.97 Å². The van der Waals surface area contributed by atoms with Crippen LogP contribution in [0.2, 0.25) is 0 Å². The van der Waals surface area contributed by atoms with E-state index >= 15 is 0 Å². The molecule has 0 saturated heterocycles. The first kappa shape index (κ1) is 60.4. The van der Waals surface area contributed by atoms with Crippen molar-refractivity contribution in [2.75, 3.05) is 54.1 Å². The van der Waals surface area contributed by atoms with Gasteiger partial charge in [-0.2, -0.15) is 0 Å². The van der Waals surface area contributed by atoms with Gasteiger partial charge in [0.15, 0.2) is 0 Å². The van der Waals surface area contributed by atoms with E-state index in [1.807, 2.05) is 21.1 Å². The molecule has 2 unspecified atom stereocenters. The van der Waals surface area contributed by atoms with Crippen LogP contribution in [-0.4, -0.2) is 70.7 Å². The zero-order chi connectivity index (χ0) is 46.2. The summed E-state index contributed by atoms with van der Waals surface area (Å²) in [5.74, 6) is -0.395. The van der Waals surface area contributed by atoms with Crippen molar-refractivity contribution in [1.82, 2.24) is 0 Å². The van der Waals surface area contributed by atoms with E-state index in [2.05, 4.69) is 111 Å². The van der Waals surface area contributed by atoms with Gasteiger partial charge in [0, 0.05) is 13.0 Å². The molecule has 362 valence electrons. The third kappa shape index (κ3) is 50.3. The third-order valence-corrected chi connectivity index (χ3v) is 11.1. The summed E-state index contributed by atoms with van der Waals surface area (Å²) in [4.78, 5) is 25.1. The maximum absolute atomic E-state index is 12.7. The minimum atomic E-state index is -4.55. The Kier molecular flexibility index (Phi) is 44.1. The summed E-state index contributed by atoms with van der Waals surface area (Å²) in [7, 11) is 1.30. The smallest absolute Gasteiger partial charge is 0.306 e. The number of rotatable bonds is 45. The Morgan fingerprint density at radius 2 is 0.921 bits per heavy atom. The number of esters is 1. The Morgan fingerprint density at radius 1 is 0.508 bits per heavy atom. The van der Waals surface area contributed by atoms with Crippen LogP contribution >= 0.6 is 7.82 Å². The zero-order valence-electron chi connectivity index (χ0n) is 41.0. The van der Waals surface area contributed by atoms with Crippen LogP contribution in [0, 0.1) is 0 Å². The first-order valence-electron chi connectivity index (χ1n) is 25.0. The normalized spacial score (nSPS) is 14.4. The van der Waals surface area contributed by atoms with Gasteiger partial charge in [0.2, 0.25) is 0 Å². The number of phosphoric ester groups is 1. The van der Waals surface area contributed by atoms with E-state index in [4.69, 9.17) is 18.5 Å². The van der Waals surface area contributed by atoms with Crippen molar-refractivity contribution in [1.29, 1.82) is 0 Å². The Bertz CT molecular complexity index is 1320. The molecule has 0 aromatic rings. The van der Waals surface area contributed by atoms with Gasteiger partial charge in [0.25, 0.3) is 7.82 Å². The number of ether oxygens (including phenoxy) is 2. The Hall–Kier alpha value is -2.58. The molecule has 0 radical (unpaired) electrons. The van der Waals surface area contributed by atoms with Crippen LogP contribution in [0.3, 0.4) is 0 Å². The molecule has 63 heavy (non-hydrogen) atoms. The molecule has 0 fully saturated rings. The average Bonchev–Trinajstić information content (AvgIpc) is 3.24. The number of hydrogen-bond donors (Lipinski definition) is 0. The lowest BCUT2D eigenvalue weighted by Gasteiger charge is -2.28. The maximum atomic E-state index is 12.7. The highest BCUT2D eigenvalue weighted by atomic mass is 31.2. The lowest BCUT2D eigenvalue weighted by Crippen LogP contribution is -2.37. The second-order valence-corrected chi connectivity index (χ2v) is 18.8. The van der Waals surface area contributed by atoms with Gasteiger partial charge in [-0.3, -0.25) is 9.36 Å². The van der Waals surface area contributed by atoms with Gasteiger partial charge in [-0.05, 0) is 89.9 Å². The van der Waals surface area contributed by atoms with Crippen molar-refractivity contribution in [3.8, 4) is 0 Å². The van der Waals surface area contributed by atoms with Crippen molar-refractivity contribution >= 4 is 13.8 Å². The largest absolute Gasteiger partial charge is 0.756 e. The van der Waals surface area contributed by atoms with Gasteiger partial charge in [0.1, 0.15) is 19.3 Å². The molecule has 8 nitrogen and oxygen atoms in total. The van der Waals surface area contributed by atoms with Gasteiger partial charge in [0.05, 0.1) is 34.4 Å². The molecule has 0 amide bonds. The predicted molar refractivity (Wildman–Crippen MR) is 268 cm³/mol. The van der Waals surface area contributed by atoms with E-state index in [1.165, 1.54) is 83.5 Å². The molecule has 0 aromatic heterocycles. The molecule has 0 aliphatic carbocycles. The van der Waals surface area contributed by atoms with Gasteiger partial charge in [-0.25, -0.2) is 0 Å². The molecule has 0 aliphatic heterocycles. The topological polar surface area (TPSA) is 94.1 Å². The highest BCUT2D eigenvalue weighted by Crippen LogP contribution is 2.38. The van der Waals surface area contributed by atoms with Gasteiger partial charge in [-0.1, -0.05) is 182 Å². The number of quaternary nitrogens is 1. The van der Waals surface area contributed by atoms with E-state index in [0.29, 0.717) is 24.1 Å². The maximum Gasteiger partial charge on any atom is 0.306 e. The molecule has 0 rings (SSSR count). The fourth-order valence-electron chi connectivity index (χ4n) is 6.29. The van der Waals surface area contributed by atoms with E-state index in [1.54, 1.807) is 0 Å². The van der Waals surface area contributed by atoms with E-state index in [0.717, 1.165) is 70.6 Å². The zero-order valence-corrected chi connectivity index (χ0v) is 41.9. The summed E-state index contributed by atoms with van der Waals surface area (Å²) in [5.41, 5.74) is 0. The van der Waals surface area contributed by atoms with Crippen molar-refractivity contribution in [2.45, 2.75) is 187 Å². The summed E-state index contributed by atoms with van der Waals surface area (Å²) in [6.45, 7) is 5.18. The number of likely N-dealkylation sites (N-methyl/N-ethyl adjacent to an activating group) is 1. The van der Waals surface area contributed by atoms with Gasteiger partial charge < -0.3 is 27.9 Å². The number of allylic oxidation sites excluding steroid dienone is 16. The van der Waals surface area contributed by atoms with E-state index in [-0.39, 0.29) is 26.2 Å². The van der Waals surface area contributed by atoms with Crippen molar-refractivity contribution in [3.63, 3.8) is 0 Å². The van der Waals surface area contributed by atoms with Crippen LogP contribution in [0.4, 0.5) is 0 Å². The van der Waals surface area contributed by atoms with Crippen molar-refractivity contribution in [3.05, 3.63) is 97.2 Å². The van der Waals surface area contributed by atoms with Crippen molar-refractivity contribution in [2.24, 2.45) is 0 Å². The lowest BCUT2D eigenvalue weighted by atomic mass is 10.1. The van der Waals surface area contributed by atoms with Crippen LogP contribution in [0.15, 0.2) is 97.2 Å². The molecule has 0 saturated carbocycles. The van der Waals surface area contributed by atoms with E-state index < -0.39 is 19.9 Å². The van der Waals surface area contributed by atoms with Gasteiger partial charge in [-0.15, -0.1) is 0 Å². The number of unbranched alkanes of at least 4 members (excludes halogenated alkanes) is 15. The SMILES string of the molecule is CC/C=C\C/C=C\C/C=C\C/C=C\C/C=C\CCCC(=O)OC(COCCCCCCCCCCC/C=C\C/C=C\C/C=C\CCCCCCC)COP(=O)([O-])OCC[N+](C)(C)C. The fourth-order valence-corrected chi connectivity index (χ4v) is 7.02. The monoisotopic (exact) mass is 900 g/mol. The summed E-state index contributed by atoms with van der Waals surface area (Å²) in [6.07, 6.45) is 63.0. The number of phosphoric acid groups is 1. The minimum Gasteiger partial charge on any atom is -0.756 e. The number of nitrogens with zero attached hydrogens (tertiary/aromatic N) is 1. The highest BCUT2D eigenvalue weighted by molar-refractivity contribution is 7.45. The van der Waals surface area contributed by atoms with Crippen LogP contribution < -0.4 is 4.89 Å². The molecule has 0 aromatic carbocycles. The van der Waals surface area contributed by atoms with Crippen LogP contribution in [-0.2, 0) is 27.9 Å². The molecule has 0 heterocycles. The average molecular weight is 900 g/mol. The van der Waals surface area contributed by atoms with Crippen LogP contribution in [0.5, 0.6) is 0 Å². The third-order valence-electron chi connectivity index (χ3n) is 10.1. The van der Waals surface area contributed by atoms with Crippen LogP contribution in [0.25, 0.3) is 0 Å². The van der Waals surface area contributed by atoms with Crippen LogP contribution in [0.1, 0.15) is 181 Å². The quantitative estimate of drug-likeness (QED) is 0.0197. The molecule has 9 heteroatoms. The van der Waals surface area contributed by atoms with Crippen molar-refractivity contribution < 1.29 is 37.3 Å². The summed E-state index contributed by atoms with van der Waals surface area (Å²) < 4.78 is 34.6. The summed E-state index contributed by atoms with van der Waals surface area (Å²) in [6, 6.07) is 0. The van der Waals surface area contributed by atoms with E-state index in [9.17, 15) is 14.3 Å². The fraction of sp³-hybridized carbons (Fsp3) is 0.685. The Labute approximate surface area is 387 Å². The molecule has 0 bridgehead atoms. The first-order valence-corrected chi connectivity index (χ1v) is 26.4. The first-order chi connectivity index (χ1) is 30.6. The standard InChI is InChI=1S/C54H94NO7P/c1-6-8-10-12-14-16-18-20-22-24-25-26-27-28-29-30-32-34-36-38-40-42-44-46-49-59-51-53(52-61-63(57,58)60-50-48-55(3,4)5)62-54(56)47-45-43-41-39-37-35-33-31-23-21-19-17-15-13-11-9-7-2/h9,11,15,17-18,20-21,23-25,27-28,33,35,39,41,53H,6-8,10,12-14,16,19,22,26,29-32,34,36-38,40,42-52H2,1-5H3/b11-9-,17-15-,20-18-,23-21-,25-24-,28-27-,35-33-,41-39-. The molecule has 0 spiro atoms. The summed E-state index contributed by atoms with van der Waals surface area (Å²) in [5, 5.41) is 0. The molecular weight excluding hydrogens is 806 g/mol.